The molecule has 0 aromatic heterocycles. The molecule has 2 aromatic carbocycles. The summed E-state index contributed by atoms with van der Waals surface area (Å²) in [5.41, 5.74) is 1.63. The molecule has 1 saturated heterocycles. The third kappa shape index (κ3) is 7.00. The second-order valence-corrected chi connectivity index (χ2v) is 9.34. The highest BCUT2D eigenvalue weighted by Crippen LogP contribution is 2.31. The molecule has 1 aliphatic rings. The Hall–Kier alpha value is -2.50. The standard InChI is InChI=1S/C28H35F3NO2/c1-4-20(3)17-21-8-10-23(11-9-21)26(5-2)27(33)32-16-6-7-22(18-32)19-34-25-14-12-24(13-15-25)28(29,30)31/h4,8-15,20,22,26H,5-7,16-19H2,1-3H3/q-1. The van der Waals surface area contributed by atoms with Crippen molar-refractivity contribution in [1.82, 2.24) is 4.90 Å². The molecule has 1 amide bonds. The van der Waals surface area contributed by atoms with E-state index in [0.717, 1.165) is 49.9 Å². The molecule has 1 fully saturated rings. The molecular weight excluding hydrogens is 439 g/mol. The van der Waals surface area contributed by atoms with Crippen molar-refractivity contribution in [2.75, 3.05) is 19.7 Å². The van der Waals surface area contributed by atoms with Crippen molar-refractivity contribution >= 4 is 5.91 Å². The van der Waals surface area contributed by atoms with Crippen molar-refractivity contribution in [3.63, 3.8) is 0 Å². The lowest BCUT2D eigenvalue weighted by Gasteiger charge is -2.35. The number of likely N-dealkylation sites (tertiary alicyclic amines) is 1. The molecule has 2 aromatic rings. The number of hydrogen-bond donors (Lipinski definition) is 0. The van der Waals surface area contributed by atoms with Crippen molar-refractivity contribution in [2.45, 2.75) is 58.5 Å². The van der Waals surface area contributed by atoms with Gasteiger partial charge in [0.05, 0.1) is 18.1 Å². The summed E-state index contributed by atoms with van der Waals surface area (Å²) in [5, 5.41) is 0. The van der Waals surface area contributed by atoms with E-state index in [1.54, 1.807) is 0 Å². The third-order valence-electron chi connectivity index (χ3n) is 6.71. The van der Waals surface area contributed by atoms with Crippen molar-refractivity contribution in [1.29, 1.82) is 0 Å². The minimum atomic E-state index is -4.36. The van der Waals surface area contributed by atoms with Gasteiger partial charge in [-0.15, -0.1) is 0 Å². The van der Waals surface area contributed by atoms with Gasteiger partial charge in [0.1, 0.15) is 5.75 Å². The fraction of sp³-hybridized carbons (Fsp3) is 0.500. The van der Waals surface area contributed by atoms with Crippen LogP contribution in [0.1, 0.15) is 62.6 Å². The Bertz CT molecular complexity index is 909. The van der Waals surface area contributed by atoms with E-state index in [2.05, 4.69) is 44.5 Å². The first kappa shape index (κ1) is 26.1. The quantitative estimate of drug-likeness (QED) is 0.369. The predicted octanol–water partition coefficient (Wildman–Crippen LogP) is 6.92. The molecule has 0 bridgehead atoms. The molecule has 186 valence electrons. The van der Waals surface area contributed by atoms with Gasteiger partial charge in [-0.2, -0.15) is 26.0 Å². The number of carbonyl (C=O) groups is 1. The normalized spacial score (nSPS) is 18.4. The zero-order valence-corrected chi connectivity index (χ0v) is 20.3. The van der Waals surface area contributed by atoms with Crippen LogP contribution in [0.4, 0.5) is 13.2 Å². The average Bonchev–Trinajstić information content (AvgIpc) is 2.84. The molecule has 1 aliphatic heterocycles. The Kier molecular flexibility index (Phi) is 9.03. The summed E-state index contributed by atoms with van der Waals surface area (Å²) in [7, 11) is 0. The topological polar surface area (TPSA) is 29.5 Å². The average molecular weight is 475 g/mol. The molecule has 34 heavy (non-hydrogen) atoms. The van der Waals surface area contributed by atoms with Crippen molar-refractivity contribution < 1.29 is 22.7 Å². The Labute approximate surface area is 201 Å². The Morgan fingerprint density at radius 1 is 1.15 bits per heavy atom. The number of halogens is 3. The molecule has 0 saturated carbocycles. The van der Waals surface area contributed by atoms with Crippen LogP contribution in [0.3, 0.4) is 0 Å². The first-order chi connectivity index (χ1) is 16.2. The number of alkyl halides is 3. The largest absolute Gasteiger partial charge is 0.493 e. The molecule has 3 rings (SSSR count). The summed E-state index contributed by atoms with van der Waals surface area (Å²) in [5.74, 6) is 1.07. The van der Waals surface area contributed by atoms with Crippen LogP contribution in [0, 0.1) is 18.3 Å². The summed E-state index contributed by atoms with van der Waals surface area (Å²) < 4.78 is 44.0. The van der Waals surface area contributed by atoms with Crippen LogP contribution in [0.15, 0.2) is 48.5 Å². The van der Waals surface area contributed by atoms with Gasteiger partial charge in [0, 0.05) is 19.0 Å². The maximum atomic E-state index is 13.4. The number of nitrogens with zero attached hydrogens (tertiary/aromatic N) is 1. The van der Waals surface area contributed by atoms with Gasteiger partial charge in [-0.05, 0) is 49.1 Å². The van der Waals surface area contributed by atoms with Crippen LogP contribution in [-0.4, -0.2) is 30.5 Å². The van der Waals surface area contributed by atoms with Crippen LogP contribution in [0.2, 0.25) is 0 Å². The third-order valence-corrected chi connectivity index (χ3v) is 6.71. The molecule has 3 nitrogen and oxygen atoms in total. The van der Waals surface area contributed by atoms with E-state index in [1.807, 2.05) is 11.8 Å². The molecule has 0 N–H and O–H groups in total. The lowest BCUT2D eigenvalue weighted by molar-refractivity contribution is -0.137. The number of ether oxygens (including phenoxy) is 1. The maximum absolute atomic E-state index is 13.4. The van der Waals surface area contributed by atoms with Crippen LogP contribution in [-0.2, 0) is 17.4 Å². The number of benzene rings is 2. The fourth-order valence-corrected chi connectivity index (χ4v) is 4.50. The van der Waals surface area contributed by atoms with Crippen LogP contribution in [0.25, 0.3) is 0 Å². The minimum absolute atomic E-state index is 0.143. The fourth-order valence-electron chi connectivity index (χ4n) is 4.50. The summed E-state index contributed by atoms with van der Waals surface area (Å²) >= 11 is 0. The van der Waals surface area contributed by atoms with Gasteiger partial charge in [-0.1, -0.05) is 50.1 Å². The van der Waals surface area contributed by atoms with Gasteiger partial charge in [-0.3, -0.25) is 4.79 Å². The van der Waals surface area contributed by atoms with Gasteiger partial charge >= 0.3 is 6.18 Å². The summed E-state index contributed by atoms with van der Waals surface area (Å²) in [6.07, 6.45) is 1.40. The summed E-state index contributed by atoms with van der Waals surface area (Å²) in [6.45, 7) is 8.03. The predicted molar refractivity (Wildman–Crippen MR) is 129 cm³/mol. The Morgan fingerprint density at radius 2 is 1.82 bits per heavy atom. The number of carbonyl (C=O) groups excluding carboxylic acids is 1. The molecular formula is C28H35F3NO2-. The van der Waals surface area contributed by atoms with E-state index in [-0.39, 0.29) is 17.7 Å². The second-order valence-electron chi connectivity index (χ2n) is 9.34. The number of rotatable bonds is 9. The molecule has 0 aliphatic carbocycles. The molecule has 3 unspecified atom stereocenters. The van der Waals surface area contributed by atoms with Crippen LogP contribution < -0.4 is 4.74 Å². The lowest BCUT2D eigenvalue weighted by Crippen LogP contribution is -2.43. The lowest BCUT2D eigenvalue weighted by atomic mass is 9.90. The van der Waals surface area contributed by atoms with Gasteiger partial charge in [0.15, 0.2) is 0 Å². The van der Waals surface area contributed by atoms with E-state index >= 15 is 0 Å². The van der Waals surface area contributed by atoms with Crippen molar-refractivity contribution in [2.24, 2.45) is 11.8 Å². The van der Waals surface area contributed by atoms with Gasteiger partial charge in [0.25, 0.3) is 0 Å². The molecule has 6 heteroatoms. The minimum Gasteiger partial charge on any atom is -0.493 e. The number of piperidine rings is 1. The first-order valence-electron chi connectivity index (χ1n) is 12.2. The van der Waals surface area contributed by atoms with Gasteiger partial charge < -0.3 is 16.1 Å². The van der Waals surface area contributed by atoms with E-state index in [4.69, 9.17) is 4.74 Å². The van der Waals surface area contributed by atoms with Gasteiger partial charge in [-0.25, -0.2) is 0 Å². The molecule has 1 heterocycles. The van der Waals surface area contributed by atoms with E-state index < -0.39 is 11.7 Å². The summed E-state index contributed by atoms with van der Waals surface area (Å²) in [6, 6.07) is 13.2. The van der Waals surface area contributed by atoms with Crippen molar-refractivity contribution in [3.8, 4) is 5.75 Å². The van der Waals surface area contributed by atoms with Crippen LogP contribution in [0.5, 0.6) is 5.75 Å². The van der Waals surface area contributed by atoms with Crippen LogP contribution >= 0.6 is 0 Å². The van der Waals surface area contributed by atoms with E-state index in [9.17, 15) is 18.0 Å². The Balaban J connectivity index is 1.57. The molecule has 3 atom stereocenters. The van der Waals surface area contributed by atoms with Crippen molar-refractivity contribution in [3.05, 3.63) is 71.6 Å². The SMILES string of the molecule is C[CH-]C(C)Cc1ccc(C(CC)C(=O)N2CCCC(COc3ccc(C(F)(F)F)cc3)C2)cc1. The number of hydrogen-bond acceptors (Lipinski definition) is 2. The zero-order valence-electron chi connectivity index (χ0n) is 20.3. The first-order valence-corrected chi connectivity index (χ1v) is 12.2. The highest BCUT2D eigenvalue weighted by atomic mass is 19.4. The molecule has 0 radical (unpaired) electrons. The number of amides is 1. The second kappa shape index (κ2) is 11.8. The Morgan fingerprint density at radius 3 is 2.41 bits per heavy atom. The monoisotopic (exact) mass is 474 g/mol. The summed E-state index contributed by atoms with van der Waals surface area (Å²) in [4.78, 5) is 15.3. The smallest absolute Gasteiger partial charge is 0.416 e. The van der Waals surface area contributed by atoms with E-state index in [0.29, 0.717) is 24.8 Å². The highest BCUT2D eigenvalue weighted by Gasteiger charge is 2.31. The maximum Gasteiger partial charge on any atom is 0.416 e. The highest BCUT2D eigenvalue weighted by molar-refractivity contribution is 5.83. The van der Waals surface area contributed by atoms with Gasteiger partial charge in [0.2, 0.25) is 5.91 Å². The zero-order chi connectivity index (χ0) is 24.7. The van der Waals surface area contributed by atoms with E-state index in [1.165, 1.54) is 17.7 Å². The molecule has 0 spiro atoms.